The fourth-order valence-corrected chi connectivity index (χ4v) is 2.88. The van der Waals surface area contributed by atoms with Crippen molar-refractivity contribution in [1.82, 2.24) is 14.9 Å². The zero-order chi connectivity index (χ0) is 13.9. The maximum absolute atomic E-state index is 5.80. The van der Waals surface area contributed by atoms with E-state index < -0.39 is 0 Å². The molecular formula is C16H24N4. The van der Waals surface area contributed by atoms with Gasteiger partial charge in [-0.3, -0.25) is 0 Å². The monoisotopic (exact) mass is 272 g/mol. The number of nitrogens with one attached hydrogen (secondary N) is 1. The Balaban J connectivity index is 1.60. The normalized spacial score (nSPS) is 15.9. The van der Waals surface area contributed by atoms with E-state index in [1.165, 1.54) is 25.8 Å². The Hall–Kier alpha value is -1.55. The Morgan fingerprint density at radius 2 is 2.25 bits per heavy atom. The van der Waals surface area contributed by atoms with Gasteiger partial charge in [0.2, 0.25) is 0 Å². The van der Waals surface area contributed by atoms with Gasteiger partial charge in [0.25, 0.3) is 0 Å². The highest BCUT2D eigenvalue weighted by molar-refractivity contribution is 5.78. The Morgan fingerprint density at radius 1 is 1.40 bits per heavy atom. The number of H-pyrrole nitrogens is 1. The highest BCUT2D eigenvalue weighted by Gasteiger charge is 2.19. The Bertz CT molecular complexity index is 571. The van der Waals surface area contributed by atoms with Gasteiger partial charge in [0.05, 0.1) is 11.0 Å². The predicted octanol–water partition coefficient (Wildman–Crippen LogP) is 2.81. The summed E-state index contributed by atoms with van der Waals surface area (Å²) >= 11 is 0. The van der Waals surface area contributed by atoms with Crippen molar-refractivity contribution >= 4 is 16.7 Å². The van der Waals surface area contributed by atoms with Gasteiger partial charge in [-0.2, -0.15) is 0 Å². The molecule has 0 bridgehead atoms. The second-order valence-corrected chi connectivity index (χ2v) is 5.90. The van der Waals surface area contributed by atoms with Gasteiger partial charge in [0, 0.05) is 25.2 Å². The summed E-state index contributed by atoms with van der Waals surface area (Å²) in [7, 11) is 0. The molecule has 1 saturated carbocycles. The lowest BCUT2D eigenvalue weighted by Gasteiger charge is -2.31. The molecule has 1 aliphatic carbocycles. The standard InChI is InChI=1S/C16H24N4/c1-2-20(11-12-4-3-5-12)9-8-16-18-14-7-6-13(17)10-15(14)19-16/h6-7,10,12H,2-5,8-9,11,17H2,1H3,(H,18,19). The molecule has 0 atom stereocenters. The number of nitrogens with zero attached hydrogens (tertiary/aromatic N) is 2. The van der Waals surface area contributed by atoms with E-state index >= 15 is 0 Å². The topological polar surface area (TPSA) is 57.9 Å². The SMILES string of the molecule is CCN(CCc1nc2ccc(N)cc2[nH]1)CC1CCC1. The first-order valence-corrected chi connectivity index (χ1v) is 7.71. The minimum Gasteiger partial charge on any atom is -0.399 e. The zero-order valence-electron chi connectivity index (χ0n) is 12.2. The van der Waals surface area contributed by atoms with Gasteiger partial charge in [0.15, 0.2) is 0 Å². The van der Waals surface area contributed by atoms with Crippen molar-refractivity contribution in [2.45, 2.75) is 32.6 Å². The van der Waals surface area contributed by atoms with Gasteiger partial charge in [-0.15, -0.1) is 0 Å². The van der Waals surface area contributed by atoms with Crippen LogP contribution in [0, 0.1) is 5.92 Å². The van der Waals surface area contributed by atoms with Crippen molar-refractivity contribution in [2.75, 3.05) is 25.4 Å². The summed E-state index contributed by atoms with van der Waals surface area (Å²) < 4.78 is 0. The summed E-state index contributed by atoms with van der Waals surface area (Å²) in [4.78, 5) is 10.6. The van der Waals surface area contributed by atoms with Crippen molar-refractivity contribution in [3.63, 3.8) is 0 Å². The molecule has 4 nitrogen and oxygen atoms in total. The van der Waals surface area contributed by atoms with Crippen LogP contribution in [0.2, 0.25) is 0 Å². The number of hydrogen-bond acceptors (Lipinski definition) is 3. The molecule has 1 aliphatic rings. The lowest BCUT2D eigenvalue weighted by molar-refractivity contribution is 0.185. The van der Waals surface area contributed by atoms with Crippen LogP contribution in [-0.4, -0.2) is 34.5 Å². The lowest BCUT2D eigenvalue weighted by atomic mass is 9.85. The van der Waals surface area contributed by atoms with E-state index in [0.717, 1.165) is 48.0 Å². The highest BCUT2D eigenvalue weighted by Crippen LogP contribution is 2.27. The summed E-state index contributed by atoms with van der Waals surface area (Å²) in [5.74, 6) is 2.00. The maximum Gasteiger partial charge on any atom is 0.108 e. The molecule has 1 heterocycles. The van der Waals surface area contributed by atoms with E-state index in [4.69, 9.17) is 5.73 Å². The van der Waals surface area contributed by atoms with Crippen LogP contribution in [0.15, 0.2) is 18.2 Å². The maximum atomic E-state index is 5.80. The van der Waals surface area contributed by atoms with Crippen LogP contribution in [0.5, 0.6) is 0 Å². The number of anilines is 1. The van der Waals surface area contributed by atoms with Crippen LogP contribution in [-0.2, 0) is 6.42 Å². The van der Waals surface area contributed by atoms with E-state index in [9.17, 15) is 0 Å². The molecule has 3 rings (SSSR count). The first kappa shape index (κ1) is 13.4. The number of imidazole rings is 1. The number of rotatable bonds is 6. The third-order valence-corrected chi connectivity index (χ3v) is 4.41. The molecule has 0 spiro atoms. The smallest absolute Gasteiger partial charge is 0.108 e. The quantitative estimate of drug-likeness (QED) is 0.795. The van der Waals surface area contributed by atoms with Crippen molar-refractivity contribution < 1.29 is 0 Å². The van der Waals surface area contributed by atoms with E-state index in [2.05, 4.69) is 21.8 Å². The Morgan fingerprint density at radius 3 is 2.95 bits per heavy atom. The number of benzene rings is 1. The van der Waals surface area contributed by atoms with Gasteiger partial charge < -0.3 is 15.6 Å². The molecule has 20 heavy (non-hydrogen) atoms. The summed E-state index contributed by atoms with van der Waals surface area (Å²) in [5, 5.41) is 0. The van der Waals surface area contributed by atoms with Gasteiger partial charge in [-0.05, 0) is 43.5 Å². The number of nitrogens with two attached hydrogens (primary N) is 1. The average molecular weight is 272 g/mol. The van der Waals surface area contributed by atoms with Crippen LogP contribution in [0.4, 0.5) is 5.69 Å². The zero-order valence-corrected chi connectivity index (χ0v) is 12.2. The summed E-state index contributed by atoms with van der Waals surface area (Å²) in [6.45, 7) is 5.72. The molecule has 0 saturated heterocycles. The molecule has 0 unspecified atom stereocenters. The highest BCUT2D eigenvalue weighted by atomic mass is 15.1. The summed E-state index contributed by atoms with van der Waals surface area (Å²) in [6, 6.07) is 5.84. The Kier molecular flexibility index (Phi) is 3.92. The fraction of sp³-hybridized carbons (Fsp3) is 0.562. The Labute approximate surface area is 120 Å². The van der Waals surface area contributed by atoms with E-state index in [0.29, 0.717) is 0 Å². The number of fused-ring (bicyclic) bond motifs is 1. The van der Waals surface area contributed by atoms with Crippen molar-refractivity contribution in [2.24, 2.45) is 5.92 Å². The minimum absolute atomic E-state index is 0.785. The number of hydrogen-bond donors (Lipinski definition) is 2. The third-order valence-electron chi connectivity index (χ3n) is 4.41. The molecular weight excluding hydrogens is 248 g/mol. The molecule has 4 heteroatoms. The fourth-order valence-electron chi connectivity index (χ4n) is 2.88. The van der Waals surface area contributed by atoms with Gasteiger partial charge in [-0.25, -0.2) is 4.98 Å². The van der Waals surface area contributed by atoms with Gasteiger partial charge in [0.1, 0.15) is 5.82 Å². The number of likely N-dealkylation sites (N-methyl/N-ethyl adjacent to an activating group) is 1. The molecule has 0 radical (unpaired) electrons. The molecule has 1 aromatic carbocycles. The van der Waals surface area contributed by atoms with Crippen LogP contribution >= 0.6 is 0 Å². The first-order chi connectivity index (χ1) is 9.74. The van der Waals surface area contributed by atoms with Crippen LogP contribution in [0.1, 0.15) is 32.0 Å². The minimum atomic E-state index is 0.785. The van der Waals surface area contributed by atoms with E-state index in [1.54, 1.807) is 0 Å². The molecule has 108 valence electrons. The van der Waals surface area contributed by atoms with Crippen LogP contribution < -0.4 is 5.73 Å². The van der Waals surface area contributed by atoms with Crippen LogP contribution in [0.25, 0.3) is 11.0 Å². The predicted molar refractivity (Wildman–Crippen MR) is 83.7 cm³/mol. The molecule has 2 aromatic rings. The van der Waals surface area contributed by atoms with Gasteiger partial charge in [-0.1, -0.05) is 13.3 Å². The van der Waals surface area contributed by atoms with E-state index in [1.807, 2.05) is 18.2 Å². The molecule has 1 fully saturated rings. The largest absolute Gasteiger partial charge is 0.399 e. The summed E-state index contributed by atoms with van der Waals surface area (Å²) in [6.07, 6.45) is 5.24. The van der Waals surface area contributed by atoms with Gasteiger partial charge >= 0.3 is 0 Å². The number of aromatic nitrogens is 2. The second-order valence-electron chi connectivity index (χ2n) is 5.90. The van der Waals surface area contributed by atoms with Crippen molar-refractivity contribution in [3.05, 3.63) is 24.0 Å². The number of nitrogen functional groups attached to an aromatic ring is 1. The summed E-state index contributed by atoms with van der Waals surface area (Å²) in [5.41, 5.74) is 8.64. The average Bonchev–Trinajstić information content (AvgIpc) is 2.78. The molecule has 3 N–H and O–H groups in total. The van der Waals surface area contributed by atoms with Crippen molar-refractivity contribution in [3.8, 4) is 0 Å². The van der Waals surface area contributed by atoms with E-state index in [-0.39, 0.29) is 0 Å². The molecule has 0 amide bonds. The third kappa shape index (κ3) is 2.96. The van der Waals surface area contributed by atoms with Crippen molar-refractivity contribution in [1.29, 1.82) is 0 Å². The van der Waals surface area contributed by atoms with Crippen LogP contribution in [0.3, 0.4) is 0 Å². The molecule has 1 aromatic heterocycles. The second kappa shape index (κ2) is 5.83. The molecule has 0 aliphatic heterocycles. The lowest BCUT2D eigenvalue weighted by Crippen LogP contribution is -2.34. The number of aromatic amines is 1. The first-order valence-electron chi connectivity index (χ1n) is 7.71.